The van der Waals surface area contributed by atoms with E-state index in [4.69, 9.17) is 23.2 Å². The van der Waals surface area contributed by atoms with Gasteiger partial charge in [0.2, 0.25) is 0 Å². The molecule has 0 unspecified atom stereocenters. The van der Waals surface area contributed by atoms with Crippen molar-refractivity contribution in [3.63, 3.8) is 0 Å². The van der Waals surface area contributed by atoms with Crippen molar-refractivity contribution in [3.8, 4) is 0 Å². The molecule has 0 aliphatic carbocycles. The Bertz CT molecular complexity index is 483. The third kappa shape index (κ3) is 3.87. The molecule has 0 aromatic heterocycles. The number of halogens is 2. The standard InChI is InChI=1S/C15H20Cl2N2O/c1-10(2)19-7-5-12(6-8-19)18-15(20)11-3-4-13(16)14(17)9-11/h3-4,9-10,12H,5-8H2,1-2H3,(H,18,20). The summed E-state index contributed by atoms with van der Waals surface area (Å²) >= 11 is 11.8. The van der Waals surface area contributed by atoms with Gasteiger partial charge < -0.3 is 10.2 Å². The summed E-state index contributed by atoms with van der Waals surface area (Å²) in [6, 6.07) is 5.78. The SMILES string of the molecule is CC(C)N1CCC(NC(=O)c2ccc(Cl)c(Cl)c2)CC1. The molecule has 0 bridgehead atoms. The highest BCUT2D eigenvalue weighted by molar-refractivity contribution is 6.42. The van der Waals surface area contributed by atoms with Gasteiger partial charge in [0.15, 0.2) is 0 Å². The lowest BCUT2D eigenvalue weighted by atomic mass is 10.0. The second-order valence-corrected chi connectivity index (χ2v) is 6.32. The molecule has 1 N–H and O–H groups in total. The summed E-state index contributed by atoms with van der Waals surface area (Å²) in [5.74, 6) is -0.0773. The number of rotatable bonds is 3. The van der Waals surface area contributed by atoms with Crippen molar-refractivity contribution >= 4 is 29.1 Å². The fraction of sp³-hybridized carbons (Fsp3) is 0.533. The zero-order chi connectivity index (χ0) is 14.7. The average Bonchev–Trinajstić information content (AvgIpc) is 2.42. The number of likely N-dealkylation sites (tertiary alicyclic amines) is 1. The molecule has 0 atom stereocenters. The van der Waals surface area contributed by atoms with E-state index in [-0.39, 0.29) is 11.9 Å². The quantitative estimate of drug-likeness (QED) is 0.924. The highest BCUT2D eigenvalue weighted by atomic mass is 35.5. The van der Waals surface area contributed by atoms with Crippen molar-refractivity contribution < 1.29 is 4.79 Å². The first-order valence-corrected chi connectivity index (χ1v) is 7.73. The van der Waals surface area contributed by atoms with Gasteiger partial charge in [0, 0.05) is 30.7 Å². The Balaban J connectivity index is 1.91. The topological polar surface area (TPSA) is 32.3 Å². The van der Waals surface area contributed by atoms with E-state index in [0.29, 0.717) is 21.7 Å². The van der Waals surface area contributed by atoms with Crippen molar-refractivity contribution in [2.45, 2.75) is 38.8 Å². The molecule has 0 radical (unpaired) electrons. The molecule has 0 spiro atoms. The molecule has 5 heteroatoms. The van der Waals surface area contributed by atoms with Gasteiger partial charge in [-0.05, 0) is 44.9 Å². The minimum absolute atomic E-state index is 0.0773. The summed E-state index contributed by atoms with van der Waals surface area (Å²) < 4.78 is 0. The van der Waals surface area contributed by atoms with Crippen LogP contribution in [-0.2, 0) is 0 Å². The van der Waals surface area contributed by atoms with Gasteiger partial charge in [0.1, 0.15) is 0 Å². The second kappa shape index (κ2) is 6.79. The lowest BCUT2D eigenvalue weighted by Crippen LogP contribution is -2.46. The number of carbonyl (C=O) groups excluding carboxylic acids is 1. The van der Waals surface area contributed by atoms with Crippen LogP contribution in [0.5, 0.6) is 0 Å². The summed E-state index contributed by atoms with van der Waals surface area (Å²) in [6.45, 7) is 6.47. The lowest BCUT2D eigenvalue weighted by molar-refractivity contribution is 0.0900. The molecule has 0 saturated carbocycles. The van der Waals surface area contributed by atoms with Crippen LogP contribution < -0.4 is 5.32 Å². The third-order valence-corrected chi connectivity index (χ3v) is 4.52. The van der Waals surface area contributed by atoms with Crippen LogP contribution in [0.4, 0.5) is 0 Å². The molecule has 1 fully saturated rings. The Morgan fingerprint density at radius 1 is 1.25 bits per heavy atom. The van der Waals surface area contributed by atoms with E-state index in [1.807, 2.05) is 0 Å². The zero-order valence-electron chi connectivity index (χ0n) is 11.8. The number of piperidine rings is 1. The van der Waals surface area contributed by atoms with Crippen LogP contribution in [0.2, 0.25) is 10.0 Å². The van der Waals surface area contributed by atoms with Crippen molar-refractivity contribution in [1.29, 1.82) is 0 Å². The summed E-state index contributed by atoms with van der Waals surface area (Å²) in [7, 11) is 0. The summed E-state index contributed by atoms with van der Waals surface area (Å²) in [5.41, 5.74) is 0.561. The molecule has 110 valence electrons. The lowest BCUT2D eigenvalue weighted by Gasteiger charge is -2.34. The minimum atomic E-state index is -0.0773. The van der Waals surface area contributed by atoms with E-state index >= 15 is 0 Å². The van der Waals surface area contributed by atoms with E-state index < -0.39 is 0 Å². The Kier molecular flexibility index (Phi) is 5.30. The monoisotopic (exact) mass is 314 g/mol. The van der Waals surface area contributed by atoms with E-state index in [1.165, 1.54) is 0 Å². The van der Waals surface area contributed by atoms with Crippen molar-refractivity contribution in [2.24, 2.45) is 0 Å². The number of carbonyl (C=O) groups is 1. The smallest absolute Gasteiger partial charge is 0.251 e. The molecule has 3 nitrogen and oxygen atoms in total. The number of hydrogen-bond donors (Lipinski definition) is 1. The maximum atomic E-state index is 12.2. The first kappa shape index (κ1) is 15.6. The van der Waals surface area contributed by atoms with E-state index in [2.05, 4.69) is 24.1 Å². The minimum Gasteiger partial charge on any atom is -0.349 e. The molecular weight excluding hydrogens is 295 g/mol. The van der Waals surface area contributed by atoms with Crippen LogP contribution >= 0.6 is 23.2 Å². The highest BCUT2D eigenvalue weighted by Crippen LogP contribution is 2.23. The number of nitrogens with zero attached hydrogens (tertiary/aromatic N) is 1. The van der Waals surface area contributed by atoms with E-state index in [1.54, 1.807) is 18.2 Å². The van der Waals surface area contributed by atoms with Gasteiger partial charge in [-0.3, -0.25) is 4.79 Å². The zero-order valence-corrected chi connectivity index (χ0v) is 13.3. The predicted octanol–water partition coefficient (Wildman–Crippen LogP) is 3.60. The summed E-state index contributed by atoms with van der Waals surface area (Å²) in [6.07, 6.45) is 1.98. The van der Waals surface area contributed by atoms with Crippen molar-refractivity contribution in [1.82, 2.24) is 10.2 Å². The van der Waals surface area contributed by atoms with Gasteiger partial charge in [-0.15, -0.1) is 0 Å². The molecule has 1 amide bonds. The van der Waals surface area contributed by atoms with E-state index in [0.717, 1.165) is 25.9 Å². The van der Waals surface area contributed by atoms with Crippen LogP contribution in [0.1, 0.15) is 37.0 Å². The van der Waals surface area contributed by atoms with Crippen LogP contribution in [0.15, 0.2) is 18.2 Å². The highest BCUT2D eigenvalue weighted by Gasteiger charge is 2.22. The van der Waals surface area contributed by atoms with Crippen LogP contribution in [0.25, 0.3) is 0 Å². The molecule has 20 heavy (non-hydrogen) atoms. The fourth-order valence-corrected chi connectivity index (χ4v) is 2.76. The van der Waals surface area contributed by atoms with Gasteiger partial charge >= 0.3 is 0 Å². The first-order valence-electron chi connectivity index (χ1n) is 6.97. The fourth-order valence-electron chi connectivity index (χ4n) is 2.47. The maximum Gasteiger partial charge on any atom is 0.251 e. The normalized spacial score (nSPS) is 17.4. The Hall–Kier alpha value is -0.770. The molecule has 1 aliphatic heterocycles. The van der Waals surface area contributed by atoms with Crippen LogP contribution in [-0.4, -0.2) is 36.0 Å². The van der Waals surface area contributed by atoms with Gasteiger partial charge in [0.25, 0.3) is 5.91 Å². The molecule has 2 rings (SSSR count). The van der Waals surface area contributed by atoms with Gasteiger partial charge in [-0.25, -0.2) is 0 Å². The Morgan fingerprint density at radius 3 is 2.45 bits per heavy atom. The molecule has 1 aromatic rings. The number of amides is 1. The Labute approximate surface area is 130 Å². The molecule has 1 aromatic carbocycles. The summed E-state index contributed by atoms with van der Waals surface area (Å²) in [4.78, 5) is 14.6. The van der Waals surface area contributed by atoms with E-state index in [9.17, 15) is 4.79 Å². The maximum absolute atomic E-state index is 12.2. The van der Waals surface area contributed by atoms with Crippen molar-refractivity contribution in [3.05, 3.63) is 33.8 Å². The molecular formula is C15H20Cl2N2O. The average molecular weight is 315 g/mol. The van der Waals surface area contributed by atoms with Gasteiger partial charge in [0.05, 0.1) is 10.0 Å². The number of hydrogen-bond acceptors (Lipinski definition) is 2. The van der Waals surface area contributed by atoms with Gasteiger partial charge in [-0.1, -0.05) is 23.2 Å². The molecule has 1 saturated heterocycles. The molecule has 1 heterocycles. The Morgan fingerprint density at radius 2 is 1.90 bits per heavy atom. The van der Waals surface area contributed by atoms with Crippen molar-refractivity contribution in [2.75, 3.05) is 13.1 Å². The second-order valence-electron chi connectivity index (χ2n) is 5.51. The molecule has 1 aliphatic rings. The predicted molar refractivity (Wildman–Crippen MR) is 83.7 cm³/mol. The number of benzene rings is 1. The van der Waals surface area contributed by atoms with Gasteiger partial charge in [-0.2, -0.15) is 0 Å². The first-order chi connectivity index (χ1) is 9.47. The van der Waals surface area contributed by atoms with Crippen LogP contribution in [0, 0.1) is 0 Å². The summed E-state index contributed by atoms with van der Waals surface area (Å²) in [5, 5.41) is 3.95. The van der Waals surface area contributed by atoms with Crippen LogP contribution in [0.3, 0.4) is 0 Å². The largest absolute Gasteiger partial charge is 0.349 e. The number of nitrogens with one attached hydrogen (secondary N) is 1. The third-order valence-electron chi connectivity index (χ3n) is 3.78.